The number of amides is 2. The fourth-order valence-electron chi connectivity index (χ4n) is 5.08. The van der Waals surface area contributed by atoms with E-state index in [1.165, 1.54) is 0 Å². The van der Waals surface area contributed by atoms with Gasteiger partial charge in [0, 0.05) is 32.5 Å². The third kappa shape index (κ3) is 2.82. The number of carbonyl (C=O) groups excluding carboxylic acids is 2. The smallest absolute Gasteiger partial charge is 0.258 e. The molecule has 1 aromatic heterocycles. The van der Waals surface area contributed by atoms with Gasteiger partial charge in [-0.1, -0.05) is 48.5 Å². The van der Waals surface area contributed by atoms with Crippen LogP contribution in [0.2, 0.25) is 0 Å². The molecule has 0 radical (unpaired) electrons. The molecule has 1 spiro atoms. The minimum absolute atomic E-state index is 0.0446. The van der Waals surface area contributed by atoms with E-state index in [9.17, 15) is 9.59 Å². The third-order valence-corrected chi connectivity index (χ3v) is 6.40. The molecule has 1 fully saturated rings. The molecule has 5 rings (SSSR count). The summed E-state index contributed by atoms with van der Waals surface area (Å²) in [7, 11) is 3.75. The van der Waals surface area contributed by atoms with Gasteiger partial charge in [-0.2, -0.15) is 0 Å². The van der Waals surface area contributed by atoms with E-state index in [4.69, 9.17) is 0 Å². The summed E-state index contributed by atoms with van der Waals surface area (Å²) in [6, 6.07) is 20.9. The number of rotatable bonds is 3. The average molecular weight is 412 g/mol. The van der Waals surface area contributed by atoms with E-state index in [0.29, 0.717) is 24.3 Å². The van der Waals surface area contributed by atoms with Crippen molar-refractivity contribution in [1.82, 2.24) is 9.88 Å². The highest BCUT2D eigenvalue weighted by atomic mass is 16.2. The number of anilines is 2. The molecular weight excluding hydrogens is 388 g/mol. The molecule has 0 unspecified atom stereocenters. The van der Waals surface area contributed by atoms with Crippen LogP contribution in [0.4, 0.5) is 11.5 Å². The first-order chi connectivity index (χ1) is 15.0. The number of pyridine rings is 1. The summed E-state index contributed by atoms with van der Waals surface area (Å²) in [5.41, 5.74) is 2.47. The van der Waals surface area contributed by atoms with E-state index in [1.807, 2.05) is 78.5 Å². The van der Waals surface area contributed by atoms with Crippen LogP contribution < -0.4 is 10.2 Å². The minimum Gasteiger partial charge on any atom is -0.362 e. The van der Waals surface area contributed by atoms with Crippen molar-refractivity contribution in [2.24, 2.45) is 0 Å². The maximum atomic E-state index is 13.8. The number of hydrogen-bond acceptors (Lipinski definition) is 4. The predicted molar refractivity (Wildman–Crippen MR) is 120 cm³/mol. The summed E-state index contributed by atoms with van der Waals surface area (Å²) in [4.78, 5) is 35.4. The van der Waals surface area contributed by atoms with Crippen LogP contribution >= 0.6 is 0 Å². The Morgan fingerprint density at radius 2 is 1.81 bits per heavy atom. The zero-order valence-corrected chi connectivity index (χ0v) is 17.6. The normalized spacial score (nSPS) is 21.8. The molecule has 0 bridgehead atoms. The molecule has 2 amide bonds. The number of fused-ring (bicyclic) bond motifs is 2. The fraction of sp³-hybridized carbons (Fsp3) is 0.240. The summed E-state index contributed by atoms with van der Waals surface area (Å²) in [5.74, 6) is 0.466. The van der Waals surface area contributed by atoms with Gasteiger partial charge in [-0.3, -0.25) is 9.59 Å². The van der Waals surface area contributed by atoms with Crippen molar-refractivity contribution >= 4 is 23.3 Å². The SMILES string of the molecule is CN(C)c1ncccc1C(=O)N1CC[C@]2(C(=O)Nc3ccccc32)[C@@H]1c1ccccc1. The highest BCUT2D eigenvalue weighted by Crippen LogP contribution is 2.55. The number of likely N-dealkylation sites (tertiary alicyclic amines) is 1. The third-order valence-electron chi connectivity index (χ3n) is 6.40. The molecule has 156 valence electrons. The molecule has 31 heavy (non-hydrogen) atoms. The highest BCUT2D eigenvalue weighted by molar-refractivity contribution is 6.08. The van der Waals surface area contributed by atoms with Crippen LogP contribution in [0.3, 0.4) is 0 Å². The number of para-hydroxylation sites is 1. The van der Waals surface area contributed by atoms with Crippen LogP contribution in [0, 0.1) is 0 Å². The van der Waals surface area contributed by atoms with Gasteiger partial charge in [0.05, 0.1) is 11.6 Å². The van der Waals surface area contributed by atoms with E-state index < -0.39 is 11.5 Å². The first-order valence-electron chi connectivity index (χ1n) is 10.4. The summed E-state index contributed by atoms with van der Waals surface area (Å²) in [6.45, 7) is 0.488. The molecule has 3 aromatic rings. The van der Waals surface area contributed by atoms with Crippen molar-refractivity contribution in [1.29, 1.82) is 0 Å². The van der Waals surface area contributed by atoms with Crippen molar-refractivity contribution in [3.05, 3.63) is 89.6 Å². The van der Waals surface area contributed by atoms with Gasteiger partial charge < -0.3 is 15.1 Å². The maximum Gasteiger partial charge on any atom is 0.258 e. The Bertz CT molecular complexity index is 1160. The maximum absolute atomic E-state index is 13.8. The number of benzene rings is 2. The second-order valence-corrected chi connectivity index (χ2v) is 8.30. The Labute approximate surface area is 181 Å². The minimum atomic E-state index is -0.811. The van der Waals surface area contributed by atoms with Gasteiger partial charge in [-0.05, 0) is 35.7 Å². The Morgan fingerprint density at radius 1 is 1.06 bits per heavy atom. The van der Waals surface area contributed by atoms with Crippen molar-refractivity contribution in [3.8, 4) is 0 Å². The van der Waals surface area contributed by atoms with Gasteiger partial charge in [-0.25, -0.2) is 4.98 Å². The van der Waals surface area contributed by atoms with Gasteiger partial charge in [0.1, 0.15) is 11.2 Å². The van der Waals surface area contributed by atoms with E-state index in [0.717, 1.165) is 16.8 Å². The summed E-state index contributed by atoms with van der Waals surface area (Å²) in [5, 5.41) is 3.06. The van der Waals surface area contributed by atoms with Crippen LogP contribution in [-0.2, 0) is 10.2 Å². The summed E-state index contributed by atoms with van der Waals surface area (Å²) in [6.07, 6.45) is 2.26. The molecule has 1 N–H and O–H groups in total. The number of hydrogen-bond donors (Lipinski definition) is 1. The standard InChI is InChI=1S/C25H24N4O2/c1-28(2)22-18(11-8-15-26-22)23(30)29-16-14-25(21(29)17-9-4-3-5-10-17)19-12-6-7-13-20(19)27-24(25)31/h3-13,15,21H,14,16H2,1-2H3,(H,27,31)/t21-,25+/m0/s1. The van der Waals surface area contributed by atoms with Gasteiger partial charge in [0.2, 0.25) is 5.91 Å². The average Bonchev–Trinajstić information content (AvgIpc) is 3.33. The molecule has 2 aliphatic heterocycles. The second kappa shape index (κ2) is 7.23. The Kier molecular flexibility index (Phi) is 4.50. The largest absolute Gasteiger partial charge is 0.362 e. The summed E-state index contributed by atoms with van der Waals surface area (Å²) >= 11 is 0. The first-order valence-corrected chi connectivity index (χ1v) is 10.4. The Balaban J connectivity index is 1.67. The van der Waals surface area contributed by atoms with Gasteiger partial charge in [0.25, 0.3) is 5.91 Å². The van der Waals surface area contributed by atoms with E-state index >= 15 is 0 Å². The fourth-order valence-corrected chi connectivity index (χ4v) is 5.08. The van der Waals surface area contributed by atoms with Crippen molar-refractivity contribution in [2.45, 2.75) is 17.9 Å². The highest BCUT2D eigenvalue weighted by Gasteiger charge is 2.59. The zero-order chi connectivity index (χ0) is 21.6. The van der Waals surface area contributed by atoms with Crippen LogP contribution in [-0.4, -0.2) is 42.3 Å². The first kappa shape index (κ1) is 19.3. The number of carbonyl (C=O) groups is 2. The van der Waals surface area contributed by atoms with E-state index in [-0.39, 0.29) is 11.8 Å². The Hall–Kier alpha value is -3.67. The molecule has 6 heteroatoms. The van der Waals surface area contributed by atoms with E-state index in [1.54, 1.807) is 18.3 Å². The second-order valence-electron chi connectivity index (χ2n) is 8.30. The van der Waals surface area contributed by atoms with E-state index in [2.05, 4.69) is 10.3 Å². The van der Waals surface area contributed by atoms with Crippen molar-refractivity contribution in [2.75, 3.05) is 30.9 Å². The lowest BCUT2D eigenvalue weighted by atomic mass is 9.72. The topological polar surface area (TPSA) is 65.5 Å². The zero-order valence-electron chi connectivity index (χ0n) is 17.6. The van der Waals surface area contributed by atoms with Gasteiger partial charge in [-0.15, -0.1) is 0 Å². The quantitative estimate of drug-likeness (QED) is 0.714. The summed E-state index contributed by atoms with van der Waals surface area (Å²) < 4.78 is 0. The predicted octanol–water partition coefficient (Wildman–Crippen LogP) is 3.62. The van der Waals surface area contributed by atoms with Crippen molar-refractivity contribution < 1.29 is 9.59 Å². The molecule has 1 saturated heterocycles. The Morgan fingerprint density at radius 3 is 2.58 bits per heavy atom. The molecular formula is C25H24N4O2. The molecule has 2 aliphatic rings. The van der Waals surface area contributed by atoms with Crippen LogP contribution in [0.5, 0.6) is 0 Å². The molecule has 3 heterocycles. The number of aromatic nitrogens is 1. The van der Waals surface area contributed by atoms with Gasteiger partial charge in [0.15, 0.2) is 0 Å². The molecule has 2 atom stereocenters. The van der Waals surface area contributed by atoms with Crippen LogP contribution in [0.15, 0.2) is 72.9 Å². The molecule has 0 aliphatic carbocycles. The molecule has 2 aromatic carbocycles. The monoisotopic (exact) mass is 412 g/mol. The number of nitrogens with zero attached hydrogens (tertiary/aromatic N) is 3. The van der Waals surface area contributed by atoms with Gasteiger partial charge >= 0.3 is 0 Å². The van der Waals surface area contributed by atoms with Crippen LogP contribution in [0.1, 0.15) is 33.9 Å². The lowest BCUT2D eigenvalue weighted by molar-refractivity contribution is -0.121. The lowest BCUT2D eigenvalue weighted by Crippen LogP contribution is -2.42. The van der Waals surface area contributed by atoms with Crippen LogP contribution in [0.25, 0.3) is 0 Å². The molecule has 0 saturated carbocycles. The lowest BCUT2D eigenvalue weighted by Gasteiger charge is -2.34. The molecule has 6 nitrogen and oxygen atoms in total. The number of nitrogens with one attached hydrogen (secondary N) is 1. The van der Waals surface area contributed by atoms with Crippen molar-refractivity contribution in [3.63, 3.8) is 0 Å².